The third kappa shape index (κ3) is 5.69. The minimum Gasteiger partial charge on any atom is -0.507 e. The summed E-state index contributed by atoms with van der Waals surface area (Å²) in [5.41, 5.74) is 6.40. The molecule has 6 unspecified atom stereocenters. The van der Waals surface area contributed by atoms with Crippen LogP contribution in [0.4, 0.5) is 0 Å². The number of likely N-dealkylation sites (N-methyl/N-ethyl adjacent to an activating group) is 1. The molecule has 0 amide bonds. The molecule has 1 fully saturated rings. The Labute approximate surface area is 294 Å². The highest BCUT2D eigenvalue weighted by Crippen LogP contribution is 2.53. The van der Waals surface area contributed by atoms with Crippen molar-refractivity contribution >= 4 is 12.5 Å². The van der Waals surface area contributed by atoms with Gasteiger partial charge in [-0.15, -0.1) is 0 Å². The second-order valence-electron chi connectivity index (χ2n) is 14.3. The highest BCUT2D eigenvalue weighted by atomic mass is 16.5. The third-order valence-corrected chi connectivity index (χ3v) is 11.7. The van der Waals surface area contributed by atoms with Crippen LogP contribution in [0.15, 0.2) is 64.0 Å². The fraction of sp³-hybridized carbons (Fsp3) is 0.513. The molecule has 7 rings (SSSR count). The maximum Gasteiger partial charge on any atom is 0.154 e. The molecule has 0 saturated carbocycles. The van der Waals surface area contributed by atoms with E-state index in [2.05, 4.69) is 32.8 Å². The number of allylic oxidation sites excluding steroid dienone is 2. The first-order chi connectivity index (χ1) is 24.2. The number of phenols is 1. The standard InChI is InChI=1S/C39H49N5O6/c1-22-29(21-45)35(46)32-28(37(22)48-4)16-30-34-33-27(38(49-5)23(2)39(50-6)36(33)47)15-26(42(34)3)19-44(30)31(32)20-43(17-24-11-7-9-13-40-24)18-25-12-8-10-14-41-25/h7-11,13-14,21,25-26,30-31,34,36,39,46-47H,12,15-20H2,1-6H3/t25?,26?,30?,31-,34?,36?,39?/m0/s1. The van der Waals surface area contributed by atoms with Crippen molar-refractivity contribution in [2.45, 2.75) is 82.1 Å². The monoisotopic (exact) mass is 683 g/mol. The number of fused-ring (bicyclic) bond motifs is 6. The van der Waals surface area contributed by atoms with Crippen LogP contribution < -0.4 is 4.74 Å². The fourth-order valence-corrected chi connectivity index (χ4v) is 9.48. The number of ether oxygens (including phenoxy) is 3. The first-order valence-electron chi connectivity index (χ1n) is 17.6. The Morgan fingerprint density at radius 2 is 1.94 bits per heavy atom. The van der Waals surface area contributed by atoms with Gasteiger partial charge in [-0.3, -0.25) is 29.5 Å². The Balaban J connectivity index is 1.38. The number of nitrogens with zero attached hydrogens (tertiary/aromatic N) is 5. The number of aliphatic hydroxyl groups is 1. The Kier molecular flexibility index (Phi) is 9.71. The number of carbonyl (C=O) groups excluding carboxylic acids is 1. The summed E-state index contributed by atoms with van der Waals surface area (Å²) < 4.78 is 18.0. The van der Waals surface area contributed by atoms with E-state index in [9.17, 15) is 15.0 Å². The minimum atomic E-state index is -0.838. The zero-order chi connectivity index (χ0) is 35.3. The van der Waals surface area contributed by atoms with Crippen molar-refractivity contribution in [2.75, 3.05) is 48.0 Å². The number of methoxy groups -OCH3 is 3. The molecule has 1 aromatic carbocycles. The number of carbonyl (C=O) groups is 1. The quantitative estimate of drug-likeness (QED) is 0.358. The van der Waals surface area contributed by atoms with Crippen LogP contribution in [0.25, 0.3) is 0 Å². The maximum absolute atomic E-state index is 12.5. The van der Waals surface area contributed by atoms with Gasteiger partial charge in [-0.1, -0.05) is 12.1 Å². The van der Waals surface area contributed by atoms with Gasteiger partial charge in [0.05, 0.1) is 43.6 Å². The normalized spacial score (nSPS) is 29.2. The molecule has 2 N–H and O–H groups in total. The smallest absolute Gasteiger partial charge is 0.154 e. The van der Waals surface area contributed by atoms with Gasteiger partial charge >= 0.3 is 0 Å². The molecule has 2 aromatic rings. The Morgan fingerprint density at radius 1 is 1.12 bits per heavy atom. The van der Waals surface area contributed by atoms with E-state index < -0.39 is 12.2 Å². The number of dihydropyridines is 1. The number of pyridine rings is 1. The molecule has 11 heteroatoms. The van der Waals surface area contributed by atoms with Gasteiger partial charge in [0, 0.05) is 80.0 Å². The van der Waals surface area contributed by atoms with Crippen molar-refractivity contribution < 1.29 is 29.2 Å². The molecule has 1 aliphatic carbocycles. The van der Waals surface area contributed by atoms with Crippen LogP contribution in [0.5, 0.6) is 11.5 Å². The summed E-state index contributed by atoms with van der Waals surface area (Å²) in [5.74, 6) is 1.46. The second-order valence-corrected chi connectivity index (χ2v) is 14.3. The fourth-order valence-electron chi connectivity index (χ4n) is 9.48. The number of hydrogen-bond donors (Lipinski definition) is 2. The molecule has 5 heterocycles. The van der Waals surface area contributed by atoms with Crippen molar-refractivity contribution in [2.24, 2.45) is 4.99 Å². The molecule has 11 nitrogen and oxygen atoms in total. The molecule has 5 aliphatic rings. The number of aromatic nitrogens is 1. The molecule has 2 bridgehead atoms. The summed E-state index contributed by atoms with van der Waals surface area (Å²) in [5, 5.41) is 24.0. The molecule has 0 spiro atoms. The van der Waals surface area contributed by atoms with E-state index >= 15 is 0 Å². The van der Waals surface area contributed by atoms with E-state index in [1.807, 2.05) is 50.5 Å². The maximum atomic E-state index is 12.5. The molecule has 1 aromatic heterocycles. The van der Waals surface area contributed by atoms with Crippen LogP contribution in [-0.4, -0.2) is 127 Å². The molecule has 50 heavy (non-hydrogen) atoms. The number of phenolic OH excluding ortho intramolecular Hbond substituents is 1. The van der Waals surface area contributed by atoms with Crippen LogP contribution in [0.2, 0.25) is 0 Å². The van der Waals surface area contributed by atoms with E-state index in [1.165, 1.54) is 0 Å². The third-order valence-electron chi connectivity index (χ3n) is 11.7. The highest BCUT2D eigenvalue weighted by Gasteiger charge is 2.55. The molecule has 4 aliphatic heterocycles. The summed E-state index contributed by atoms with van der Waals surface area (Å²) in [6, 6.07) is 5.65. The van der Waals surface area contributed by atoms with Crippen LogP contribution in [0, 0.1) is 6.92 Å². The molecule has 7 atom stereocenters. The summed E-state index contributed by atoms with van der Waals surface area (Å²) >= 11 is 0. The average molecular weight is 684 g/mol. The lowest BCUT2D eigenvalue weighted by Crippen LogP contribution is -2.69. The topological polar surface area (TPSA) is 120 Å². The van der Waals surface area contributed by atoms with Gasteiger partial charge in [-0.05, 0) is 69.5 Å². The van der Waals surface area contributed by atoms with Crippen molar-refractivity contribution in [3.8, 4) is 11.5 Å². The Morgan fingerprint density at radius 3 is 2.60 bits per heavy atom. The number of aldehydes is 1. The van der Waals surface area contributed by atoms with Gasteiger partial charge < -0.3 is 24.4 Å². The predicted octanol–water partition coefficient (Wildman–Crippen LogP) is 3.78. The average Bonchev–Trinajstić information content (AvgIpc) is 3.10. The largest absolute Gasteiger partial charge is 0.507 e. The number of aromatic hydroxyl groups is 1. The van der Waals surface area contributed by atoms with Gasteiger partial charge in [0.25, 0.3) is 0 Å². The van der Waals surface area contributed by atoms with Crippen molar-refractivity contribution in [3.63, 3.8) is 0 Å². The van der Waals surface area contributed by atoms with Gasteiger partial charge in [-0.2, -0.15) is 0 Å². The summed E-state index contributed by atoms with van der Waals surface area (Å²) in [7, 11) is 7.12. The van der Waals surface area contributed by atoms with Crippen LogP contribution in [0.3, 0.4) is 0 Å². The lowest BCUT2D eigenvalue weighted by atomic mass is 9.69. The number of rotatable bonds is 10. The van der Waals surface area contributed by atoms with Gasteiger partial charge in [0.2, 0.25) is 0 Å². The molecular formula is C39H49N5O6. The van der Waals surface area contributed by atoms with Gasteiger partial charge in [-0.25, -0.2) is 0 Å². The molecular weight excluding hydrogens is 634 g/mol. The van der Waals surface area contributed by atoms with Crippen molar-refractivity contribution in [3.05, 3.63) is 87.0 Å². The number of aliphatic imine (C=N–C) groups is 1. The Bertz CT molecular complexity index is 1750. The van der Waals surface area contributed by atoms with Crippen molar-refractivity contribution in [1.29, 1.82) is 0 Å². The summed E-state index contributed by atoms with van der Waals surface area (Å²) in [6.07, 6.45) is 9.32. The van der Waals surface area contributed by atoms with Crippen LogP contribution in [0.1, 0.15) is 58.5 Å². The van der Waals surface area contributed by atoms with E-state index in [0.717, 1.165) is 58.6 Å². The summed E-state index contributed by atoms with van der Waals surface area (Å²) in [6.45, 7) is 6.41. The Hall–Kier alpha value is -3.87. The zero-order valence-corrected chi connectivity index (χ0v) is 29.9. The second kappa shape index (κ2) is 14.0. The molecule has 1 saturated heterocycles. The number of benzene rings is 1. The first-order valence-corrected chi connectivity index (χ1v) is 17.6. The molecule has 0 radical (unpaired) electrons. The van der Waals surface area contributed by atoms with Gasteiger partial charge in [0.15, 0.2) is 6.29 Å². The lowest BCUT2D eigenvalue weighted by molar-refractivity contribution is -0.0600. The summed E-state index contributed by atoms with van der Waals surface area (Å²) in [4.78, 5) is 29.3. The molecule has 266 valence electrons. The van der Waals surface area contributed by atoms with Gasteiger partial charge in [0.1, 0.15) is 29.5 Å². The van der Waals surface area contributed by atoms with E-state index in [4.69, 9.17) is 19.2 Å². The van der Waals surface area contributed by atoms with E-state index in [-0.39, 0.29) is 41.5 Å². The number of aliphatic hydroxyl groups excluding tert-OH is 1. The van der Waals surface area contributed by atoms with E-state index in [1.54, 1.807) is 21.3 Å². The van der Waals surface area contributed by atoms with E-state index in [0.29, 0.717) is 43.8 Å². The van der Waals surface area contributed by atoms with Crippen LogP contribution >= 0.6 is 0 Å². The highest BCUT2D eigenvalue weighted by molar-refractivity contribution is 5.85. The SMILES string of the molecule is COC1=C(C)C(OC)C(O)C2=C1CC1CN3C(Cc4c(OC)c(C)c(C=O)c(O)c4[C@@H]3CN(Cc3ccccn3)CC3CC=CC=N3)C2N1C. The zero-order valence-electron chi connectivity index (χ0n) is 29.9. The predicted molar refractivity (Wildman–Crippen MR) is 191 cm³/mol. The first kappa shape index (κ1) is 34.6. The number of hydrogen-bond acceptors (Lipinski definition) is 11. The van der Waals surface area contributed by atoms with Crippen molar-refractivity contribution in [1.82, 2.24) is 19.7 Å². The van der Waals surface area contributed by atoms with Crippen LogP contribution in [-0.2, 0) is 22.4 Å². The lowest BCUT2D eigenvalue weighted by Gasteiger charge is -2.60. The number of piperazine rings is 1. The minimum absolute atomic E-state index is 0.0227.